The van der Waals surface area contributed by atoms with E-state index >= 15 is 0 Å². The zero-order chi connectivity index (χ0) is 13.0. The Balaban J connectivity index is 1.87. The van der Waals surface area contributed by atoms with Gasteiger partial charge in [0.2, 0.25) is 0 Å². The fraction of sp³-hybridized carbons (Fsp3) is 0.500. The summed E-state index contributed by atoms with van der Waals surface area (Å²) in [5, 5.41) is 4.19. The van der Waals surface area contributed by atoms with Gasteiger partial charge in [0.05, 0.1) is 0 Å². The summed E-state index contributed by atoms with van der Waals surface area (Å²) in [4.78, 5) is 4.67. The Hall–Kier alpha value is -1.29. The number of para-hydroxylation sites is 1. The van der Waals surface area contributed by atoms with E-state index in [0.29, 0.717) is 6.04 Å². The number of rotatable bonds is 2. The third-order valence-corrected chi connectivity index (χ3v) is 3.48. The van der Waals surface area contributed by atoms with Crippen LogP contribution in [0.3, 0.4) is 0 Å². The lowest BCUT2D eigenvalue weighted by Crippen LogP contribution is -2.52. The molecule has 4 heteroatoms. The van der Waals surface area contributed by atoms with Gasteiger partial charge in [0.25, 0.3) is 0 Å². The first-order valence-electron chi connectivity index (χ1n) is 6.52. The van der Waals surface area contributed by atoms with Gasteiger partial charge in [0.1, 0.15) is 0 Å². The molecule has 1 N–H and O–H groups in total. The quantitative estimate of drug-likeness (QED) is 0.823. The number of nitrogens with zero attached hydrogens (tertiary/aromatic N) is 2. The fourth-order valence-corrected chi connectivity index (χ4v) is 2.56. The molecule has 1 aliphatic rings. The second-order valence-corrected chi connectivity index (χ2v) is 5.30. The molecule has 0 bridgehead atoms. The smallest absolute Gasteiger partial charge is 0.169 e. The summed E-state index contributed by atoms with van der Waals surface area (Å²) in [5.74, 6) is 0. The van der Waals surface area contributed by atoms with Crippen molar-refractivity contribution in [3.05, 3.63) is 30.3 Å². The van der Waals surface area contributed by atoms with E-state index in [2.05, 4.69) is 59.3 Å². The van der Waals surface area contributed by atoms with Crippen LogP contribution in [0.1, 0.15) is 13.8 Å². The molecule has 1 saturated heterocycles. The number of piperazine rings is 1. The van der Waals surface area contributed by atoms with Crippen LogP contribution in [0, 0.1) is 0 Å². The second-order valence-electron chi connectivity index (χ2n) is 4.91. The minimum Gasteiger partial charge on any atom is -0.368 e. The van der Waals surface area contributed by atoms with Crippen LogP contribution >= 0.6 is 12.2 Å². The molecular formula is C14H21N3S. The molecule has 0 aliphatic carbocycles. The van der Waals surface area contributed by atoms with Crippen molar-refractivity contribution < 1.29 is 0 Å². The molecule has 0 spiro atoms. The number of thiocarbonyl (C=S) groups is 1. The summed E-state index contributed by atoms with van der Waals surface area (Å²) < 4.78 is 0. The lowest BCUT2D eigenvalue weighted by atomic mass is 10.2. The van der Waals surface area contributed by atoms with Gasteiger partial charge in [-0.25, -0.2) is 0 Å². The maximum Gasteiger partial charge on any atom is 0.169 e. The monoisotopic (exact) mass is 263 g/mol. The largest absolute Gasteiger partial charge is 0.368 e. The van der Waals surface area contributed by atoms with Crippen molar-refractivity contribution >= 4 is 23.0 Å². The van der Waals surface area contributed by atoms with Crippen LogP contribution in [0.15, 0.2) is 30.3 Å². The van der Waals surface area contributed by atoms with Crippen LogP contribution in [-0.2, 0) is 0 Å². The maximum absolute atomic E-state index is 5.40. The molecule has 0 amide bonds. The van der Waals surface area contributed by atoms with Gasteiger partial charge in [0, 0.05) is 37.9 Å². The number of hydrogen-bond acceptors (Lipinski definition) is 2. The first kappa shape index (κ1) is 13.1. The minimum absolute atomic E-state index is 0.407. The van der Waals surface area contributed by atoms with Crippen LogP contribution < -0.4 is 10.2 Å². The topological polar surface area (TPSA) is 18.5 Å². The molecule has 0 radical (unpaired) electrons. The van der Waals surface area contributed by atoms with Crippen LogP contribution in [0.25, 0.3) is 0 Å². The normalized spacial score (nSPS) is 15.9. The van der Waals surface area contributed by atoms with Crippen LogP contribution in [0.4, 0.5) is 5.69 Å². The first-order chi connectivity index (χ1) is 8.66. The molecule has 0 atom stereocenters. The number of hydrogen-bond donors (Lipinski definition) is 1. The summed E-state index contributed by atoms with van der Waals surface area (Å²) in [7, 11) is 0. The second kappa shape index (κ2) is 6.05. The van der Waals surface area contributed by atoms with Crippen LogP contribution in [-0.4, -0.2) is 42.2 Å². The van der Waals surface area contributed by atoms with E-state index in [1.165, 1.54) is 5.69 Å². The molecule has 0 saturated carbocycles. The highest BCUT2D eigenvalue weighted by molar-refractivity contribution is 7.80. The maximum atomic E-state index is 5.40. The SMILES string of the molecule is CC(C)NC(=S)N1CCN(c2ccccc2)CC1. The zero-order valence-corrected chi connectivity index (χ0v) is 11.9. The number of anilines is 1. The summed E-state index contributed by atoms with van der Waals surface area (Å²) in [5.41, 5.74) is 1.31. The molecule has 0 unspecified atom stereocenters. The first-order valence-corrected chi connectivity index (χ1v) is 6.93. The third kappa shape index (κ3) is 3.35. The molecule has 18 heavy (non-hydrogen) atoms. The Morgan fingerprint density at radius 1 is 1.11 bits per heavy atom. The van der Waals surface area contributed by atoms with Gasteiger partial charge in [-0.1, -0.05) is 18.2 Å². The van der Waals surface area contributed by atoms with Crippen LogP contribution in [0.2, 0.25) is 0 Å². The van der Waals surface area contributed by atoms with Crippen molar-refractivity contribution in [1.29, 1.82) is 0 Å². The van der Waals surface area contributed by atoms with Gasteiger partial charge in [-0.3, -0.25) is 0 Å². The van der Waals surface area contributed by atoms with E-state index in [-0.39, 0.29) is 0 Å². The van der Waals surface area contributed by atoms with Gasteiger partial charge >= 0.3 is 0 Å². The number of benzene rings is 1. The number of nitrogens with one attached hydrogen (secondary N) is 1. The molecule has 1 aliphatic heterocycles. The third-order valence-electron chi connectivity index (χ3n) is 3.10. The van der Waals surface area contributed by atoms with Gasteiger partial charge in [0.15, 0.2) is 5.11 Å². The lowest BCUT2D eigenvalue weighted by Gasteiger charge is -2.37. The van der Waals surface area contributed by atoms with Crippen molar-refractivity contribution in [3.8, 4) is 0 Å². The minimum atomic E-state index is 0.407. The van der Waals surface area contributed by atoms with E-state index in [4.69, 9.17) is 12.2 Å². The zero-order valence-electron chi connectivity index (χ0n) is 11.1. The molecule has 1 aromatic carbocycles. The molecule has 0 aromatic heterocycles. The van der Waals surface area contributed by atoms with E-state index < -0.39 is 0 Å². The fourth-order valence-electron chi connectivity index (χ4n) is 2.14. The summed E-state index contributed by atoms with van der Waals surface area (Å²) >= 11 is 5.40. The van der Waals surface area contributed by atoms with Crippen molar-refractivity contribution in [1.82, 2.24) is 10.2 Å². The van der Waals surface area contributed by atoms with E-state index in [9.17, 15) is 0 Å². The summed E-state index contributed by atoms with van der Waals surface area (Å²) in [6.45, 7) is 8.29. The predicted octanol–water partition coefficient (Wildman–Crippen LogP) is 2.09. The lowest BCUT2D eigenvalue weighted by molar-refractivity contribution is 0.377. The Bertz CT molecular complexity index is 383. The van der Waals surface area contributed by atoms with Crippen molar-refractivity contribution in [2.24, 2.45) is 0 Å². The predicted molar refractivity (Wildman–Crippen MR) is 81.1 cm³/mol. The van der Waals surface area contributed by atoms with Gasteiger partial charge in [-0.15, -0.1) is 0 Å². The Kier molecular flexibility index (Phi) is 4.42. The molecule has 98 valence electrons. The van der Waals surface area contributed by atoms with Crippen molar-refractivity contribution in [2.75, 3.05) is 31.1 Å². The molecular weight excluding hydrogens is 242 g/mol. The highest BCUT2D eigenvalue weighted by Crippen LogP contribution is 2.15. The van der Waals surface area contributed by atoms with E-state index in [1.54, 1.807) is 0 Å². The van der Waals surface area contributed by atoms with E-state index in [0.717, 1.165) is 31.3 Å². The Morgan fingerprint density at radius 3 is 2.28 bits per heavy atom. The van der Waals surface area contributed by atoms with Crippen molar-refractivity contribution in [2.45, 2.75) is 19.9 Å². The van der Waals surface area contributed by atoms with Crippen LogP contribution in [0.5, 0.6) is 0 Å². The summed E-state index contributed by atoms with van der Waals surface area (Å²) in [6.07, 6.45) is 0. The molecule has 3 nitrogen and oxygen atoms in total. The standard InChI is InChI=1S/C14H21N3S/c1-12(2)15-14(18)17-10-8-16(9-11-17)13-6-4-3-5-7-13/h3-7,12H,8-11H2,1-2H3,(H,15,18). The Labute approximate surface area is 115 Å². The average Bonchev–Trinajstić information content (AvgIpc) is 2.39. The average molecular weight is 263 g/mol. The molecule has 2 rings (SSSR count). The highest BCUT2D eigenvalue weighted by Gasteiger charge is 2.19. The molecule has 1 aromatic rings. The highest BCUT2D eigenvalue weighted by atomic mass is 32.1. The van der Waals surface area contributed by atoms with Crippen molar-refractivity contribution in [3.63, 3.8) is 0 Å². The molecule has 1 fully saturated rings. The molecule has 1 heterocycles. The van der Waals surface area contributed by atoms with Gasteiger partial charge < -0.3 is 15.1 Å². The summed E-state index contributed by atoms with van der Waals surface area (Å²) in [6, 6.07) is 11.0. The van der Waals surface area contributed by atoms with E-state index in [1.807, 2.05) is 0 Å². The Morgan fingerprint density at radius 2 is 1.72 bits per heavy atom. The van der Waals surface area contributed by atoms with Gasteiger partial charge in [-0.2, -0.15) is 0 Å². The van der Waals surface area contributed by atoms with Gasteiger partial charge in [-0.05, 0) is 38.2 Å².